The van der Waals surface area contributed by atoms with Crippen LogP contribution in [0.5, 0.6) is 5.75 Å². The van der Waals surface area contributed by atoms with Gasteiger partial charge in [-0.15, -0.1) is 0 Å². The first kappa shape index (κ1) is 14.0. The summed E-state index contributed by atoms with van der Waals surface area (Å²) in [5.74, 6) is 0.930. The summed E-state index contributed by atoms with van der Waals surface area (Å²) in [5.41, 5.74) is 1.86. The highest BCUT2D eigenvalue weighted by molar-refractivity contribution is 5.91. The van der Waals surface area contributed by atoms with Crippen LogP contribution in [0.15, 0.2) is 24.5 Å². The van der Waals surface area contributed by atoms with Gasteiger partial charge in [-0.05, 0) is 31.0 Å². The smallest absolute Gasteiger partial charge is 0.225 e. The van der Waals surface area contributed by atoms with Gasteiger partial charge in [-0.2, -0.15) is 5.10 Å². The first-order chi connectivity index (χ1) is 9.58. The van der Waals surface area contributed by atoms with Crippen molar-refractivity contribution in [2.24, 2.45) is 7.05 Å². The topological polar surface area (TPSA) is 69.0 Å². The molecule has 0 bridgehead atoms. The molecular weight excluding hydrogens is 256 g/mol. The van der Waals surface area contributed by atoms with Gasteiger partial charge < -0.3 is 10.1 Å². The predicted octanol–water partition coefficient (Wildman–Crippen LogP) is 1.70. The van der Waals surface area contributed by atoms with Crippen LogP contribution < -0.4 is 10.1 Å². The van der Waals surface area contributed by atoms with Gasteiger partial charge in [0.2, 0.25) is 5.91 Å². The maximum absolute atomic E-state index is 11.9. The second-order valence-electron chi connectivity index (χ2n) is 4.57. The van der Waals surface area contributed by atoms with Crippen LogP contribution in [-0.2, 0) is 18.3 Å². The van der Waals surface area contributed by atoms with E-state index in [4.69, 9.17) is 4.74 Å². The number of carbonyl (C=O) groups excluding carboxylic acids is 1. The van der Waals surface area contributed by atoms with Gasteiger partial charge in [-0.3, -0.25) is 9.48 Å². The van der Waals surface area contributed by atoms with E-state index in [1.807, 2.05) is 26.2 Å². The Bertz CT molecular complexity index is 607. The van der Waals surface area contributed by atoms with E-state index in [1.54, 1.807) is 24.1 Å². The average Bonchev–Trinajstić information content (AvgIpc) is 2.83. The molecule has 0 aliphatic heterocycles. The van der Waals surface area contributed by atoms with E-state index in [-0.39, 0.29) is 5.91 Å². The molecule has 0 saturated heterocycles. The largest absolute Gasteiger partial charge is 0.493 e. The first-order valence-electron chi connectivity index (χ1n) is 6.37. The zero-order valence-corrected chi connectivity index (χ0v) is 11.9. The molecule has 1 amide bonds. The molecule has 0 atom stereocenters. The number of nitrogens with one attached hydrogen (secondary N) is 1. The fourth-order valence-electron chi connectivity index (χ4n) is 1.85. The number of hydrogen-bond donors (Lipinski definition) is 1. The standard InChI is InChI=1S/C14H18N4O2/c1-10-4-6-12(20-3)14(16-10)17-13(19)7-5-11-8-15-18(2)9-11/h4,6,8-9H,5,7H2,1-3H3,(H,16,17,19). The molecule has 1 N–H and O–H groups in total. The van der Waals surface area contributed by atoms with Crippen LogP contribution in [0.1, 0.15) is 17.7 Å². The van der Waals surface area contributed by atoms with Gasteiger partial charge >= 0.3 is 0 Å². The minimum atomic E-state index is -0.0924. The van der Waals surface area contributed by atoms with Gasteiger partial charge in [0.15, 0.2) is 11.6 Å². The molecule has 0 unspecified atom stereocenters. The Morgan fingerprint density at radius 2 is 2.25 bits per heavy atom. The van der Waals surface area contributed by atoms with Gasteiger partial charge in [-0.1, -0.05) is 0 Å². The van der Waals surface area contributed by atoms with Crippen molar-refractivity contribution in [3.05, 3.63) is 35.8 Å². The average molecular weight is 274 g/mol. The molecule has 2 heterocycles. The third-order valence-corrected chi connectivity index (χ3v) is 2.87. The second-order valence-corrected chi connectivity index (χ2v) is 4.57. The summed E-state index contributed by atoms with van der Waals surface area (Å²) in [4.78, 5) is 16.2. The lowest BCUT2D eigenvalue weighted by atomic mass is 10.2. The van der Waals surface area contributed by atoms with E-state index in [2.05, 4.69) is 15.4 Å². The summed E-state index contributed by atoms with van der Waals surface area (Å²) in [6, 6.07) is 3.63. The summed E-state index contributed by atoms with van der Waals surface area (Å²) in [5, 5.41) is 6.85. The van der Waals surface area contributed by atoms with Gasteiger partial charge in [-0.25, -0.2) is 4.98 Å². The van der Waals surface area contributed by atoms with Crippen LogP contribution in [0.2, 0.25) is 0 Å². The van der Waals surface area contributed by atoms with E-state index >= 15 is 0 Å². The molecule has 0 aliphatic carbocycles. The Labute approximate surface area is 117 Å². The Morgan fingerprint density at radius 3 is 2.90 bits per heavy atom. The van der Waals surface area contributed by atoms with Crippen LogP contribution in [0, 0.1) is 6.92 Å². The molecule has 0 fully saturated rings. The number of pyridine rings is 1. The van der Waals surface area contributed by atoms with Crippen molar-refractivity contribution in [1.82, 2.24) is 14.8 Å². The zero-order chi connectivity index (χ0) is 14.5. The monoisotopic (exact) mass is 274 g/mol. The summed E-state index contributed by atoms with van der Waals surface area (Å²) in [7, 11) is 3.41. The number of aromatic nitrogens is 3. The molecular formula is C14H18N4O2. The highest BCUT2D eigenvalue weighted by atomic mass is 16.5. The van der Waals surface area contributed by atoms with E-state index < -0.39 is 0 Å². The number of carbonyl (C=O) groups is 1. The van der Waals surface area contributed by atoms with Crippen LogP contribution in [0.3, 0.4) is 0 Å². The molecule has 0 aromatic carbocycles. The highest BCUT2D eigenvalue weighted by Gasteiger charge is 2.10. The molecule has 0 aliphatic rings. The minimum Gasteiger partial charge on any atom is -0.493 e. The van der Waals surface area contributed by atoms with Crippen molar-refractivity contribution in [1.29, 1.82) is 0 Å². The quantitative estimate of drug-likeness (QED) is 0.901. The lowest BCUT2D eigenvalue weighted by Crippen LogP contribution is -2.14. The van der Waals surface area contributed by atoms with E-state index in [0.717, 1.165) is 11.3 Å². The molecule has 20 heavy (non-hydrogen) atoms. The summed E-state index contributed by atoms with van der Waals surface area (Å²) >= 11 is 0. The highest BCUT2D eigenvalue weighted by Crippen LogP contribution is 2.21. The molecule has 0 saturated carbocycles. The van der Waals surface area contributed by atoms with Crippen LogP contribution in [0.4, 0.5) is 5.82 Å². The first-order valence-corrected chi connectivity index (χ1v) is 6.37. The van der Waals surface area contributed by atoms with Gasteiger partial charge in [0, 0.05) is 25.4 Å². The maximum atomic E-state index is 11.9. The molecule has 6 heteroatoms. The Balaban J connectivity index is 1.96. The third-order valence-electron chi connectivity index (χ3n) is 2.87. The minimum absolute atomic E-state index is 0.0924. The van der Waals surface area contributed by atoms with Crippen molar-refractivity contribution < 1.29 is 9.53 Å². The molecule has 106 valence electrons. The van der Waals surface area contributed by atoms with E-state index in [0.29, 0.717) is 24.4 Å². The van der Waals surface area contributed by atoms with E-state index in [9.17, 15) is 4.79 Å². The second kappa shape index (κ2) is 6.18. The van der Waals surface area contributed by atoms with Crippen LogP contribution >= 0.6 is 0 Å². The number of nitrogens with zero attached hydrogens (tertiary/aromatic N) is 3. The summed E-state index contributed by atoms with van der Waals surface area (Å²) in [6.45, 7) is 1.87. The van der Waals surface area contributed by atoms with Crippen molar-refractivity contribution in [2.45, 2.75) is 19.8 Å². The maximum Gasteiger partial charge on any atom is 0.225 e. The van der Waals surface area contributed by atoms with Crippen molar-refractivity contribution >= 4 is 11.7 Å². The normalized spacial score (nSPS) is 10.3. The summed E-state index contributed by atoms with van der Waals surface area (Å²) < 4.78 is 6.90. The lowest BCUT2D eigenvalue weighted by Gasteiger charge is -2.09. The van der Waals surface area contributed by atoms with Crippen molar-refractivity contribution in [3.63, 3.8) is 0 Å². The zero-order valence-electron chi connectivity index (χ0n) is 11.9. The lowest BCUT2D eigenvalue weighted by molar-refractivity contribution is -0.116. The number of methoxy groups -OCH3 is 1. The molecule has 2 aromatic rings. The van der Waals surface area contributed by atoms with E-state index in [1.165, 1.54) is 0 Å². The number of rotatable bonds is 5. The van der Waals surface area contributed by atoms with Gasteiger partial charge in [0.25, 0.3) is 0 Å². The van der Waals surface area contributed by atoms with Gasteiger partial charge in [0.05, 0.1) is 13.3 Å². The molecule has 0 radical (unpaired) electrons. The van der Waals surface area contributed by atoms with Crippen LogP contribution in [0.25, 0.3) is 0 Å². The molecule has 6 nitrogen and oxygen atoms in total. The Kier molecular flexibility index (Phi) is 4.34. The van der Waals surface area contributed by atoms with Crippen molar-refractivity contribution in [2.75, 3.05) is 12.4 Å². The van der Waals surface area contributed by atoms with Crippen LogP contribution in [-0.4, -0.2) is 27.8 Å². The third kappa shape index (κ3) is 3.57. The van der Waals surface area contributed by atoms with Crippen molar-refractivity contribution in [3.8, 4) is 5.75 Å². The fourth-order valence-corrected chi connectivity index (χ4v) is 1.85. The number of amides is 1. The molecule has 2 aromatic heterocycles. The Morgan fingerprint density at radius 1 is 1.45 bits per heavy atom. The number of aryl methyl sites for hydroxylation is 3. The molecule has 0 spiro atoms. The summed E-state index contributed by atoms with van der Waals surface area (Å²) in [6.07, 6.45) is 4.69. The Hall–Kier alpha value is -2.37. The number of ether oxygens (including phenoxy) is 1. The predicted molar refractivity (Wildman–Crippen MR) is 75.7 cm³/mol. The number of hydrogen-bond acceptors (Lipinski definition) is 4. The number of anilines is 1. The fraction of sp³-hybridized carbons (Fsp3) is 0.357. The van der Waals surface area contributed by atoms with Gasteiger partial charge in [0.1, 0.15) is 0 Å². The SMILES string of the molecule is COc1ccc(C)nc1NC(=O)CCc1cnn(C)c1. The molecule has 2 rings (SSSR count).